The molecule has 8 heteroatoms. The van der Waals surface area contributed by atoms with Crippen molar-refractivity contribution in [1.29, 1.82) is 0 Å². The van der Waals surface area contributed by atoms with E-state index in [1.54, 1.807) is 0 Å². The topological polar surface area (TPSA) is 92.0 Å². The van der Waals surface area contributed by atoms with Gasteiger partial charge in [-0.2, -0.15) is 0 Å². The van der Waals surface area contributed by atoms with Gasteiger partial charge >= 0.3 is 6.09 Å². The van der Waals surface area contributed by atoms with Crippen molar-refractivity contribution < 1.29 is 9.53 Å². The fraction of sp³-hybridized carbons (Fsp3) is 0.529. The molecule has 140 valence electrons. The first-order chi connectivity index (χ1) is 11.6. The molecule has 0 bridgehead atoms. The van der Waals surface area contributed by atoms with Crippen LogP contribution in [0, 0.1) is 0 Å². The summed E-state index contributed by atoms with van der Waals surface area (Å²) in [7, 11) is 1.33. The number of nitrogens with zero attached hydrogens (tertiary/aromatic N) is 2. The Morgan fingerprint density at radius 1 is 1.40 bits per heavy atom. The highest BCUT2D eigenvalue weighted by Gasteiger charge is 2.22. The largest absolute Gasteiger partial charge is 0.453 e. The van der Waals surface area contributed by atoms with Gasteiger partial charge in [-0.3, -0.25) is 10.2 Å². The van der Waals surface area contributed by atoms with Crippen LogP contribution in [0.15, 0.2) is 29.3 Å². The first-order valence-corrected chi connectivity index (χ1v) is 8.34. The van der Waals surface area contributed by atoms with E-state index in [2.05, 4.69) is 32.2 Å². The van der Waals surface area contributed by atoms with E-state index in [1.165, 1.54) is 26.5 Å². The predicted molar refractivity (Wildman–Crippen MR) is 111 cm³/mol. The summed E-state index contributed by atoms with van der Waals surface area (Å²) < 4.78 is 4.55. The number of rotatable bonds is 6. The van der Waals surface area contributed by atoms with Crippen molar-refractivity contribution in [3.05, 3.63) is 29.8 Å². The van der Waals surface area contributed by atoms with E-state index in [9.17, 15) is 4.79 Å². The molecule has 1 heterocycles. The molecule has 0 radical (unpaired) electrons. The molecule has 1 fully saturated rings. The van der Waals surface area contributed by atoms with Crippen LogP contribution < -0.4 is 16.4 Å². The lowest BCUT2D eigenvalue weighted by Gasteiger charge is -2.23. The molecule has 1 unspecified atom stereocenters. The van der Waals surface area contributed by atoms with Gasteiger partial charge in [0.25, 0.3) is 0 Å². The van der Waals surface area contributed by atoms with Crippen molar-refractivity contribution in [3.63, 3.8) is 0 Å². The molecule has 0 spiro atoms. The van der Waals surface area contributed by atoms with Crippen LogP contribution in [0.1, 0.15) is 25.3 Å². The van der Waals surface area contributed by atoms with Crippen LogP contribution in [-0.2, 0) is 11.3 Å². The highest BCUT2D eigenvalue weighted by molar-refractivity contribution is 14.0. The lowest BCUT2D eigenvalue weighted by Crippen LogP contribution is -2.42. The Balaban J connectivity index is 0.00000312. The van der Waals surface area contributed by atoms with E-state index < -0.39 is 6.09 Å². The van der Waals surface area contributed by atoms with Crippen molar-refractivity contribution >= 4 is 41.7 Å². The normalized spacial score (nSPS) is 17.7. The molecule has 1 aromatic rings. The molecule has 1 aliphatic heterocycles. The summed E-state index contributed by atoms with van der Waals surface area (Å²) in [5, 5.41) is 5.82. The van der Waals surface area contributed by atoms with Gasteiger partial charge in [0, 0.05) is 18.3 Å². The molecule has 1 aliphatic rings. The molecule has 1 saturated heterocycles. The van der Waals surface area contributed by atoms with Crippen LogP contribution in [0.2, 0.25) is 0 Å². The zero-order chi connectivity index (χ0) is 17.4. The molecular formula is C17H28IN5O2. The van der Waals surface area contributed by atoms with E-state index in [0.29, 0.717) is 24.2 Å². The Bertz CT molecular complexity index is 565. The minimum atomic E-state index is -0.484. The lowest BCUT2D eigenvalue weighted by atomic mass is 10.2. The molecule has 2 rings (SSSR count). The Morgan fingerprint density at radius 3 is 2.76 bits per heavy atom. The molecule has 0 saturated carbocycles. The Morgan fingerprint density at radius 2 is 2.12 bits per heavy atom. The van der Waals surface area contributed by atoms with Crippen LogP contribution in [0.4, 0.5) is 10.5 Å². The number of hydrogen-bond acceptors (Lipinski definition) is 4. The van der Waals surface area contributed by atoms with Crippen LogP contribution >= 0.6 is 24.0 Å². The molecule has 25 heavy (non-hydrogen) atoms. The fourth-order valence-corrected chi connectivity index (χ4v) is 2.86. The van der Waals surface area contributed by atoms with Crippen molar-refractivity contribution in [2.45, 2.75) is 32.4 Å². The monoisotopic (exact) mass is 461 g/mol. The first-order valence-electron chi connectivity index (χ1n) is 8.34. The molecule has 0 aromatic heterocycles. The van der Waals surface area contributed by atoms with Crippen LogP contribution in [0.5, 0.6) is 0 Å². The number of nitrogens with one attached hydrogen (secondary N) is 2. The van der Waals surface area contributed by atoms with Crippen LogP contribution in [0.3, 0.4) is 0 Å². The molecule has 4 N–H and O–H groups in total. The van der Waals surface area contributed by atoms with Gasteiger partial charge in [0.2, 0.25) is 0 Å². The molecule has 1 atom stereocenters. The smallest absolute Gasteiger partial charge is 0.411 e. The Kier molecular flexibility index (Phi) is 9.58. The molecule has 1 aromatic carbocycles. The third kappa shape index (κ3) is 7.07. The maximum absolute atomic E-state index is 11.1. The third-order valence-corrected chi connectivity index (χ3v) is 4.24. The van der Waals surface area contributed by atoms with Gasteiger partial charge in [-0.25, -0.2) is 9.79 Å². The van der Waals surface area contributed by atoms with Gasteiger partial charge in [0.05, 0.1) is 13.7 Å². The Labute approximate surface area is 166 Å². The first kappa shape index (κ1) is 21.5. The number of carbonyl (C=O) groups excluding carboxylic acids is 1. The number of aliphatic imine (C=N–C) groups is 1. The number of likely N-dealkylation sites (tertiary alicyclic amines) is 1. The average Bonchev–Trinajstić information content (AvgIpc) is 3.06. The quantitative estimate of drug-likeness (QED) is 0.344. The summed E-state index contributed by atoms with van der Waals surface area (Å²) in [6.45, 7) is 5.78. The van der Waals surface area contributed by atoms with Crippen LogP contribution in [0.25, 0.3) is 0 Å². The maximum atomic E-state index is 11.1. The summed E-state index contributed by atoms with van der Waals surface area (Å²) in [5.74, 6) is 0.467. The number of nitrogens with two attached hydrogens (primary N) is 1. The SMILES string of the molecule is CCN1CCCC1CNC(N)=NCc1ccc(NC(=O)OC)cc1.I. The summed E-state index contributed by atoms with van der Waals surface area (Å²) >= 11 is 0. The van der Waals surface area contributed by atoms with E-state index >= 15 is 0 Å². The second-order valence-electron chi connectivity index (χ2n) is 5.82. The highest BCUT2D eigenvalue weighted by atomic mass is 127. The summed E-state index contributed by atoms with van der Waals surface area (Å²) in [6.07, 6.45) is 1.98. The second kappa shape index (κ2) is 11.1. The van der Waals surface area contributed by atoms with Gasteiger partial charge in [0.15, 0.2) is 5.96 Å². The number of anilines is 1. The molecule has 0 aliphatic carbocycles. The molecule has 7 nitrogen and oxygen atoms in total. The van der Waals surface area contributed by atoms with E-state index in [4.69, 9.17) is 5.73 Å². The van der Waals surface area contributed by atoms with Crippen molar-refractivity contribution in [3.8, 4) is 0 Å². The number of halogens is 1. The zero-order valence-corrected chi connectivity index (χ0v) is 17.2. The summed E-state index contributed by atoms with van der Waals surface area (Å²) in [6, 6.07) is 7.97. The summed E-state index contributed by atoms with van der Waals surface area (Å²) in [5.41, 5.74) is 7.65. The van der Waals surface area contributed by atoms with E-state index in [1.807, 2.05) is 24.3 Å². The van der Waals surface area contributed by atoms with Gasteiger partial charge in [-0.1, -0.05) is 19.1 Å². The second-order valence-corrected chi connectivity index (χ2v) is 5.82. The van der Waals surface area contributed by atoms with Crippen molar-refractivity contribution in [2.75, 3.05) is 32.1 Å². The fourth-order valence-electron chi connectivity index (χ4n) is 2.86. The number of hydrogen-bond donors (Lipinski definition) is 3. The number of benzene rings is 1. The number of amides is 1. The number of methoxy groups -OCH3 is 1. The number of likely N-dealkylation sites (N-methyl/N-ethyl adjacent to an activating group) is 1. The average molecular weight is 461 g/mol. The minimum absolute atomic E-state index is 0. The van der Waals surface area contributed by atoms with Crippen molar-refractivity contribution in [1.82, 2.24) is 10.2 Å². The number of guanidine groups is 1. The maximum Gasteiger partial charge on any atom is 0.411 e. The van der Waals surface area contributed by atoms with E-state index in [-0.39, 0.29) is 24.0 Å². The lowest BCUT2D eigenvalue weighted by molar-refractivity contribution is 0.187. The highest BCUT2D eigenvalue weighted by Crippen LogP contribution is 2.15. The van der Waals surface area contributed by atoms with Crippen LogP contribution in [-0.4, -0.2) is 49.7 Å². The predicted octanol–water partition coefficient (Wildman–Crippen LogP) is 2.37. The van der Waals surface area contributed by atoms with Gasteiger partial charge < -0.3 is 15.8 Å². The van der Waals surface area contributed by atoms with Gasteiger partial charge in [0.1, 0.15) is 0 Å². The molecular weight excluding hydrogens is 433 g/mol. The zero-order valence-electron chi connectivity index (χ0n) is 14.8. The molecule has 1 amide bonds. The number of carbonyl (C=O) groups is 1. The third-order valence-electron chi connectivity index (χ3n) is 4.24. The van der Waals surface area contributed by atoms with E-state index in [0.717, 1.165) is 18.7 Å². The minimum Gasteiger partial charge on any atom is -0.453 e. The van der Waals surface area contributed by atoms with Crippen molar-refractivity contribution in [2.24, 2.45) is 10.7 Å². The summed E-state index contributed by atoms with van der Waals surface area (Å²) in [4.78, 5) is 18.0. The number of ether oxygens (including phenoxy) is 1. The Hall–Kier alpha value is -1.55. The van der Waals surface area contributed by atoms with Gasteiger partial charge in [-0.15, -0.1) is 24.0 Å². The van der Waals surface area contributed by atoms with Gasteiger partial charge in [-0.05, 0) is 43.6 Å². The standard InChI is InChI=1S/C17H27N5O2.HI/c1-3-22-10-4-5-15(22)12-20-16(18)19-11-13-6-8-14(9-7-13)21-17(23)24-2;/h6-9,15H,3-5,10-12H2,1-2H3,(H,21,23)(H3,18,19,20);1H.